The molecule has 0 bridgehead atoms. The van der Waals surface area contributed by atoms with Gasteiger partial charge in [0.15, 0.2) is 0 Å². The Morgan fingerprint density at radius 1 is 0.846 bits per heavy atom. The molecular weight excluding hydrogens is 484 g/mol. The molecule has 0 N–H and O–H groups in total. The first-order chi connectivity index (χ1) is 18.5. The summed E-state index contributed by atoms with van der Waals surface area (Å²) in [5, 5.41) is 0. The summed E-state index contributed by atoms with van der Waals surface area (Å²) in [5.74, 6) is 4.62. The van der Waals surface area contributed by atoms with Crippen molar-refractivity contribution in [3.8, 4) is 0 Å². The van der Waals surface area contributed by atoms with Crippen molar-refractivity contribution in [1.29, 1.82) is 0 Å². The summed E-state index contributed by atoms with van der Waals surface area (Å²) < 4.78 is 12.0. The van der Waals surface area contributed by atoms with Crippen molar-refractivity contribution < 1.29 is 19.1 Å². The van der Waals surface area contributed by atoms with Crippen LogP contribution in [0.25, 0.3) is 0 Å². The Kier molecular flexibility index (Phi) is 8.54. The molecule has 4 heteroatoms. The summed E-state index contributed by atoms with van der Waals surface area (Å²) in [6, 6.07) is 0. The molecule has 0 radical (unpaired) electrons. The molecule has 0 saturated heterocycles. The lowest BCUT2D eigenvalue weighted by Gasteiger charge is -2.61. The van der Waals surface area contributed by atoms with Crippen molar-refractivity contribution in [2.45, 2.75) is 156 Å². The van der Waals surface area contributed by atoms with Gasteiger partial charge in [0.2, 0.25) is 0 Å². The topological polar surface area (TPSA) is 52.6 Å². The molecule has 5 aliphatic rings. The van der Waals surface area contributed by atoms with E-state index in [1.54, 1.807) is 0 Å². The lowest BCUT2D eigenvalue weighted by atomic mass is 9.44. The van der Waals surface area contributed by atoms with Gasteiger partial charge in [0.1, 0.15) is 11.7 Å². The number of carbonyl (C=O) groups is 2. The molecule has 0 aliphatic heterocycles. The van der Waals surface area contributed by atoms with E-state index < -0.39 is 0 Å². The van der Waals surface area contributed by atoms with Gasteiger partial charge in [0.05, 0.1) is 5.92 Å². The highest BCUT2D eigenvalue weighted by Crippen LogP contribution is 2.68. The molecule has 5 saturated carbocycles. The number of hydrogen-bond acceptors (Lipinski definition) is 4. The third-order valence-corrected chi connectivity index (χ3v) is 13.5. The Labute approximate surface area is 239 Å². The van der Waals surface area contributed by atoms with E-state index in [4.69, 9.17) is 9.47 Å². The smallest absolute Gasteiger partial charge is 0.308 e. The Hall–Kier alpha value is -1.06. The van der Waals surface area contributed by atoms with Gasteiger partial charge in [-0.2, -0.15) is 0 Å². The van der Waals surface area contributed by atoms with Crippen molar-refractivity contribution >= 4 is 11.9 Å². The lowest BCUT2D eigenvalue weighted by Crippen LogP contribution is -2.54. The number of esters is 2. The molecule has 0 heterocycles. The van der Waals surface area contributed by atoms with Gasteiger partial charge < -0.3 is 9.47 Å². The molecule has 10 unspecified atom stereocenters. The van der Waals surface area contributed by atoms with Crippen LogP contribution in [0.15, 0.2) is 0 Å². The van der Waals surface area contributed by atoms with Gasteiger partial charge in [-0.1, -0.05) is 34.6 Å². The molecule has 0 aromatic heterocycles. The minimum atomic E-state index is -0.202. The van der Waals surface area contributed by atoms with Gasteiger partial charge in [-0.25, -0.2) is 0 Å². The van der Waals surface area contributed by atoms with Crippen LogP contribution in [0.5, 0.6) is 0 Å². The van der Waals surface area contributed by atoms with Gasteiger partial charge in [-0.3, -0.25) is 9.59 Å². The summed E-state index contributed by atoms with van der Waals surface area (Å²) in [6.45, 7) is 13.9. The molecule has 5 fully saturated rings. The molecule has 0 aromatic rings. The zero-order valence-electron chi connectivity index (χ0n) is 26.1. The maximum absolute atomic E-state index is 12.7. The number of fused-ring (bicyclic) bond motifs is 5. The standard InChI is InChI=1S/C35H58O4/c1-7-23(2)32(37)38-26-16-20-34(5)25(22-26)11-12-27-29-14-13-28(35(29,6)21-17-30(27)34)24(3)10-15-31(36)39-33(4)18-8-9-19-33/h23-30H,7-22H2,1-6H3. The maximum atomic E-state index is 12.7. The second kappa shape index (κ2) is 11.3. The lowest BCUT2D eigenvalue weighted by molar-refractivity contribution is -0.166. The molecule has 10 atom stereocenters. The van der Waals surface area contributed by atoms with Crippen LogP contribution in [0.2, 0.25) is 0 Å². The Morgan fingerprint density at radius 3 is 2.26 bits per heavy atom. The first-order valence-corrected chi connectivity index (χ1v) is 16.9. The first kappa shape index (κ1) is 29.4. The fourth-order valence-electron chi connectivity index (χ4n) is 10.8. The Morgan fingerprint density at radius 2 is 1.54 bits per heavy atom. The van der Waals surface area contributed by atoms with Crippen molar-refractivity contribution in [2.24, 2.45) is 52.3 Å². The molecular formula is C35H58O4. The van der Waals surface area contributed by atoms with Gasteiger partial charge in [0, 0.05) is 6.42 Å². The minimum Gasteiger partial charge on any atom is -0.462 e. The van der Waals surface area contributed by atoms with Gasteiger partial charge in [0.25, 0.3) is 0 Å². The third kappa shape index (κ3) is 5.57. The summed E-state index contributed by atoms with van der Waals surface area (Å²) in [7, 11) is 0. The average Bonchev–Trinajstić information content (AvgIpc) is 3.49. The molecule has 0 spiro atoms. The number of carbonyl (C=O) groups excluding carboxylic acids is 2. The van der Waals surface area contributed by atoms with Crippen LogP contribution in [0.3, 0.4) is 0 Å². The van der Waals surface area contributed by atoms with Crippen LogP contribution >= 0.6 is 0 Å². The zero-order valence-corrected chi connectivity index (χ0v) is 26.1. The second-order valence-electron chi connectivity index (χ2n) is 15.7. The Balaban J connectivity index is 1.18. The summed E-state index contributed by atoms with van der Waals surface area (Å²) in [4.78, 5) is 25.2. The molecule has 4 nitrogen and oxygen atoms in total. The summed E-state index contributed by atoms with van der Waals surface area (Å²) >= 11 is 0. The van der Waals surface area contributed by atoms with E-state index in [-0.39, 0.29) is 29.6 Å². The molecule has 222 valence electrons. The number of ether oxygens (including phenoxy) is 2. The molecule has 5 rings (SSSR count). The minimum absolute atomic E-state index is 0.0142. The maximum Gasteiger partial charge on any atom is 0.308 e. The van der Waals surface area contributed by atoms with E-state index in [1.807, 2.05) is 6.92 Å². The van der Waals surface area contributed by atoms with E-state index in [9.17, 15) is 9.59 Å². The monoisotopic (exact) mass is 542 g/mol. The first-order valence-electron chi connectivity index (χ1n) is 16.9. The second-order valence-corrected chi connectivity index (χ2v) is 15.7. The van der Waals surface area contributed by atoms with Crippen LogP contribution in [-0.2, 0) is 19.1 Å². The SMILES string of the molecule is CCC(C)C(=O)OC1CCC2(C)C(CCC3C2CCC2(C)C(C(C)CCC(=O)OC4(C)CCCC4)CCC32)C1. The Bertz CT molecular complexity index is 891. The van der Waals surface area contributed by atoms with Gasteiger partial charge in [-0.15, -0.1) is 0 Å². The van der Waals surface area contributed by atoms with Crippen LogP contribution < -0.4 is 0 Å². The highest BCUT2D eigenvalue weighted by molar-refractivity contribution is 5.72. The van der Waals surface area contributed by atoms with Crippen molar-refractivity contribution in [3.05, 3.63) is 0 Å². The molecule has 39 heavy (non-hydrogen) atoms. The van der Waals surface area contributed by atoms with Gasteiger partial charge >= 0.3 is 11.9 Å². The van der Waals surface area contributed by atoms with Crippen molar-refractivity contribution in [3.63, 3.8) is 0 Å². The van der Waals surface area contributed by atoms with E-state index in [0.717, 1.165) is 62.2 Å². The highest BCUT2D eigenvalue weighted by atomic mass is 16.6. The van der Waals surface area contributed by atoms with E-state index >= 15 is 0 Å². The zero-order chi connectivity index (χ0) is 28.0. The number of hydrogen-bond donors (Lipinski definition) is 0. The van der Waals surface area contributed by atoms with Crippen molar-refractivity contribution in [1.82, 2.24) is 0 Å². The predicted octanol–water partition coefficient (Wildman–Crippen LogP) is 8.90. The van der Waals surface area contributed by atoms with E-state index in [0.29, 0.717) is 29.1 Å². The average molecular weight is 543 g/mol. The van der Waals surface area contributed by atoms with E-state index in [1.165, 1.54) is 57.8 Å². The highest BCUT2D eigenvalue weighted by Gasteiger charge is 2.60. The molecule has 5 aliphatic carbocycles. The molecule has 0 amide bonds. The largest absolute Gasteiger partial charge is 0.462 e. The molecule has 0 aromatic carbocycles. The fraction of sp³-hybridized carbons (Fsp3) is 0.943. The van der Waals surface area contributed by atoms with Crippen LogP contribution in [0.1, 0.15) is 144 Å². The van der Waals surface area contributed by atoms with Crippen LogP contribution in [0.4, 0.5) is 0 Å². The van der Waals surface area contributed by atoms with E-state index in [2.05, 4.69) is 34.6 Å². The summed E-state index contributed by atoms with van der Waals surface area (Å²) in [5.41, 5.74) is 0.633. The quantitative estimate of drug-likeness (QED) is 0.287. The van der Waals surface area contributed by atoms with Crippen LogP contribution in [0, 0.1) is 52.3 Å². The van der Waals surface area contributed by atoms with Crippen LogP contribution in [-0.4, -0.2) is 23.6 Å². The fourth-order valence-corrected chi connectivity index (χ4v) is 10.8. The normalized spacial score (nSPS) is 42.5. The van der Waals surface area contributed by atoms with Crippen molar-refractivity contribution in [2.75, 3.05) is 0 Å². The number of rotatable bonds is 8. The summed E-state index contributed by atoms with van der Waals surface area (Å²) in [6.07, 6.45) is 18.5. The third-order valence-electron chi connectivity index (χ3n) is 13.5. The van der Waals surface area contributed by atoms with Gasteiger partial charge in [-0.05, 0) is 150 Å². The predicted molar refractivity (Wildman–Crippen MR) is 156 cm³/mol.